The molecule has 0 radical (unpaired) electrons. The topological polar surface area (TPSA) is 81.2 Å². The van der Waals surface area contributed by atoms with Gasteiger partial charge in [-0.2, -0.15) is 5.10 Å². The fourth-order valence-electron chi connectivity index (χ4n) is 1.98. The van der Waals surface area contributed by atoms with Crippen LogP contribution in [0.15, 0.2) is 22.7 Å². The summed E-state index contributed by atoms with van der Waals surface area (Å²) in [5.74, 6) is 0. The minimum atomic E-state index is -0.755. The van der Waals surface area contributed by atoms with E-state index in [1.165, 1.54) is 10.7 Å². The molecule has 0 spiro atoms. The second kappa shape index (κ2) is 5.34. The third-order valence-corrected chi connectivity index (χ3v) is 4.26. The van der Waals surface area contributed by atoms with E-state index in [-0.39, 0.29) is 5.69 Å². The molecule has 0 fully saturated rings. The molecular weight excluding hydrogens is 326 g/mol. The van der Waals surface area contributed by atoms with Crippen molar-refractivity contribution in [2.75, 3.05) is 0 Å². The van der Waals surface area contributed by atoms with Crippen molar-refractivity contribution in [3.8, 4) is 5.69 Å². The van der Waals surface area contributed by atoms with Gasteiger partial charge >= 0.3 is 0 Å². The van der Waals surface area contributed by atoms with Gasteiger partial charge in [0.2, 0.25) is 0 Å². The molecule has 1 aromatic carbocycles. The molecule has 0 amide bonds. The molecule has 1 aromatic heterocycles. The fraction of sp³-hybridized carbons (Fsp3) is 0.308. The number of benzene rings is 1. The summed E-state index contributed by atoms with van der Waals surface area (Å²) in [5, 5.41) is 25.1. The molecule has 7 heteroatoms. The number of halogens is 1. The van der Waals surface area contributed by atoms with E-state index in [2.05, 4.69) is 21.0 Å². The predicted octanol–water partition coefficient (Wildman–Crippen LogP) is 3.21. The highest BCUT2D eigenvalue weighted by Crippen LogP contribution is 2.30. The number of aryl methyl sites for hydroxylation is 1. The van der Waals surface area contributed by atoms with Gasteiger partial charge < -0.3 is 5.11 Å². The molecule has 1 atom stereocenters. The zero-order valence-electron chi connectivity index (χ0n) is 11.3. The molecule has 0 aliphatic carbocycles. The largest absolute Gasteiger partial charge is 0.389 e. The number of hydrogen-bond donors (Lipinski definition) is 1. The molecule has 0 saturated heterocycles. The van der Waals surface area contributed by atoms with Gasteiger partial charge in [0.05, 0.1) is 26.9 Å². The molecule has 1 heterocycles. The summed E-state index contributed by atoms with van der Waals surface area (Å²) >= 11 is 3.40. The molecule has 0 saturated carbocycles. The maximum absolute atomic E-state index is 11.2. The smallest absolute Gasteiger partial charge is 0.295 e. The summed E-state index contributed by atoms with van der Waals surface area (Å²) in [6.07, 6.45) is -0.755. The van der Waals surface area contributed by atoms with Crippen LogP contribution >= 0.6 is 15.9 Å². The lowest BCUT2D eigenvalue weighted by Gasteiger charge is -2.09. The monoisotopic (exact) mass is 339 g/mol. The van der Waals surface area contributed by atoms with E-state index in [0.29, 0.717) is 11.3 Å². The minimum Gasteiger partial charge on any atom is -0.389 e. The summed E-state index contributed by atoms with van der Waals surface area (Å²) in [6, 6.07) is 4.65. The Balaban J connectivity index is 2.67. The Morgan fingerprint density at radius 2 is 2.10 bits per heavy atom. The Labute approximate surface area is 124 Å². The van der Waals surface area contributed by atoms with Gasteiger partial charge in [-0.15, -0.1) is 0 Å². The van der Waals surface area contributed by atoms with Crippen molar-refractivity contribution in [1.82, 2.24) is 9.78 Å². The number of rotatable bonds is 3. The first kappa shape index (κ1) is 14.7. The quantitative estimate of drug-likeness (QED) is 0.687. The number of aliphatic hydroxyl groups is 1. The number of aromatic nitrogens is 2. The highest BCUT2D eigenvalue weighted by Gasteiger charge is 2.21. The van der Waals surface area contributed by atoms with E-state index in [9.17, 15) is 15.2 Å². The third-order valence-electron chi connectivity index (χ3n) is 3.11. The molecule has 0 aliphatic rings. The van der Waals surface area contributed by atoms with Gasteiger partial charge in [0, 0.05) is 6.07 Å². The zero-order valence-corrected chi connectivity index (χ0v) is 12.9. The van der Waals surface area contributed by atoms with Gasteiger partial charge in [0.15, 0.2) is 0 Å². The van der Waals surface area contributed by atoms with Gasteiger partial charge in [-0.3, -0.25) is 10.1 Å². The highest BCUT2D eigenvalue weighted by atomic mass is 79.9. The zero-order chi connectivity index (χ0) is 15.0. The van der Waals surface area contributed by atoms with Gasteiger partial charge in [-0.25, -0.2) is 4.68 Å². The molecule has 106 valence electrons. The van der Waals surface area contributed by atoms with Crippen LogP contribution in [0, 0.1) is 24.0 Å². The van der Waals surface area contributed by atoms with E-state index in [1.807, 2.05) is 13.8 Å². The summed E-state index contributed by atoms with van der Waals surface area (Å²) in [6.45, 7) is 5.22. The normalized spacial score (nSPS) is 12.4. The van der Waals surface area contributed by atoms with Crippen LogP contribution in [0.4, 0.5) is 5.69 Å². The molecule has 1 N–H and O–H groups in total. The Kier molecular flexibility index (Phi) is 3.92. The SMILES string of the molecule is Cc1nn(-c2ccc([C@@H](C)O)cc2[N+](=O)[O-])c(C)c1Br. The van der Waals surface area contributed by atoms with Crippen molar-refractivity contribution >= 4 is 21.6 Å². The average molecular weight is 340 g/mol. The van der Waals surface area contributed by atoms with Crippen LogP contribution in [0.5, 0.6) is 0 Å². The lowest BCUT2D eigenvalue weighted by atomic mass is 10.1. The first-order valence-electron chi connectivity index (χ1n) is 6.01. The van der Waals surface area contributed by atoms with Crippen LogP contribution in [-0.4, -0.2) is 19.8 Å². The van der Waals surface area contributed by atoms with E-state index in [1.54, 1.807) is 19.1 Å². The van der Waals surface area contributed by atoms with E-state index in [0.717, 1.165) is 15.9 Å². The van der Waals surface area contributed by atoms with Crippen molar-refractivity contribution in [2.45, 2.75) is 26.9 Å². The standard InChI is InChI=1S/C13H14BrN3O3/c1-7-13(14)8(2)16(15-7)11-5-4-10(9(3)18)6-12(11)17(19)20/h4-6,9,18H,1-3H3/t9-/m1/s1. The number of nitrogens with zero attached hydrogens (tertiary/aromatic N) is 3. The second-order valence-electron chi connectivity index (χ2n) is 4.58. The van der Waals surface area contributed by atoms with Gasteiger partial charge in [0.1, 0.15) is 5.69 Å². The second-order valence-corrected chi connectivity index (χ2v) is 5.37. The lowest BCUT2D eigenvalue weighted by molar-refractivity contribution is -0.384. The highest BCUT2D eigenvalue weighted by molar-refractivity contribution is 9.10. The molecule has 6 nitrogen and oxygen atoms in total. The van der Waals surface area contributed by atoms with Crippen molar-refractivity contribution < 1.29 is 10.0 Å². The van der Waals surface area contributed by atoms with Crippen molar-refractivity contribution in [3.05, 3.63) is 49.7 Å². The Hall–Kier alpha value is -1.73. The lowest BCUT2D eigenvalue weighted by Crippen LogP contribution is -2.05. The van der Waals surface area contributed by atoms with Crippen molar-refractivity contribution in [3.63, 3.8) is 0 Å². The number of nitro groups is 1. The predicted molar refractivity (Wildman–Crippen MR) is 78.0 cm³/mol. The number of nitro benzene ring substituents is 1. The van der Waals surface area contributed by atoms with Crippen LogP contribution in [0.2, 0.25) is 0 Å². The molecular formula is C13H14BrN3O3. The van der Waals surface area contributed by atoms with Crippen LogP contribution in [0.3, 0.4) is 0 Å². The third kappa shape index (κ3) is 2.46. The number of hydrogen-bond acceptors (Lipinski definition) is 4. The molecule has 2 rings (SSSR count). The van der Waals surface area contributed by atoms with Crippen LogP contribution < -0.4 is 0 Å². The fourth-order valence-corrected chi connectivity index (χ4v) is 2.23. The minimum absolute atomic E-state index is 0.0819. The first-order valence-corrected chi connectivity index (χ1v) is 6.80. The Morgan fingerprint density at radius 3 is 2.55 bits per heavy atom. The maximum atomic E-state index is 11.2. The van der Waals surface area contributed by atoms with Crippen LogP contribution in [0.25, 0.3) is 5.69 Å². The van der Waals surface area contributed by atoms with Gasteiger partial charge in [-0.05, 0) is 48.3 Å². The van der Waals surface area contributed by atoms with Crippen molar-refractivity contribution in [2.24, 2.45) is 0 Å². The summed E-state index contributed by atoms with van der Waals surface area (Å²) < 4.78 is 2.36. The molecule has 0 unspecified atom stereocenters. The summed E-state index contributed by atoms with van der Waals surface area (Å²) in [7, 11) is 0. The first-order chi connectivity index (χ1) is 9.32. The number of aliphatic hydroxyl groups excluding tert-OH is 1. The van der Waals surface area contributed by atoms with Gasteiger partial charge in [0.25, 0.3) is 5.69 Å². The van der Waals surface area contributed by atoms with Gasteiger partial charge in [-0.1, -0.05) is 6.07 Å². The molecule has 20 heavy (non-hydrogen) atoms. The Morgan fingerprint density at radius 1 is 1.45 bits per heavy atom. The Bertz CT molecular complexity index is 680. The van der Waals surface area contributed by atoms with Crippen LogP contribution in [0.1, 0.15) is 30.0 Å². The molecule has 0 bridgehead atoms. The van der Waals surface area contributed by atoms with Crippen LogP contribution in [-0.2, 0) is 0 Å². The summed E-state index contributed by atoms with van der Waals surface area (Å²) in [4.78, 5) is 10.8. The van der Waals surface area contributed by atoms with Crippen molar-refractivity contribution in [1.29, 1.82) is 0 Å². The average Bonchev–Trinajstić information content (AvgIpc) is 2.65. The van der Waals surface area contributed by atoms with E-state index < -0.39 is 11.0 Å². The summed E-state index contributed by atoms with van der Waals surface area (Å²) in [5.41, 5.74) is 2.35. The van der Waals surface area contributed by atoms with E-state index >= 15 is 0 Å². The maximum Gasteiger partial charge on any atom is 0.295 e. The molecule has 0 aliphatic heterocycles. The van der Waals surface area contributed by atoms with E-state index in [4.69, 9.17) is 0 Å². The molecule has 2 aromatic rings.